The van der Waals surface area contributed by atoms with Gasteiger partial charge in [0.05, 0.1) is 18.6 Å². The van der Waals surface area contributed by atoms with Crippen LogP contribution in [-0.4, -0.2) is 56.6 Å². The average molecular weight is 552 g/mol. The van der Waals surface area contributed by atoms with E-state index in [4.69, 9.17) is 4.74 Å². The lowest BCUT2D eigenvalue weighted by Gasteiger charge is -2.34. The smallest absolute Gasteiger partial charge is 0.244 e. The summed E-state index contributed by atoms with van der Waals surface area (Å²) >= 11 is 0. The molecule has 1 N–H and O–H groups in total. The highest BCUT2D eigenvalue weighted by Crippen LogP contribution is 2.30. The molecule has 0 aromatic heterocycles. The van der Waals surface area contributed by atoms with Crippen LogP contribution in [0.15, 0.2) is 84.9 Å². The van der Waals surface area contributed by atoms with Crippen LogP contribution in [0.25, 0.3) is 0 Å². The van der Waals surface area contributed by atoms with E-state index >= 15 is 0 Å². The van der Waals surface area contributed by atoms with Crippen molar-refractivity contribution in [3.63, 3.8) is 0 Å². The van der Waals surface area contributed by atoms with E-state index in [0.29, 0.717) is 12.4 Å². The molecule has 0 radical (unpaired) electrons. The van der Waals surface area contributed by atoms with Crippen LogP contribution in [0.1, 0.15) is 31.9 Å². The predicted molar refractivity (Wildman–Crippen MR) is 154 cm³/mol. The van der Waals surface area contributed by atoms with Gasteiger partial charge in [0.2, 0.25) is 21.8 Å². The number of para-hydroxylation sites is 2. The van der Waals surface area contributed by atoms with Gasteiger partial charge in [0.15, 0.2) is 0 Å². The van der Waals surface area contributed by atoms with Gasteiger partial charge in [0.1, 0.15) is 18.3 Å². The van der Waals surface area contributed by atoms with Gasteiger partial charge in [-0.1, -0.05) is 72.8 Å². The van der Waals surface area contributed by atoms with Gasteiger partial charge in [-0.15, -0.1) is 0 Å². The van der Waals surface area contributed by atoms with Crippen LogP contribution < -0.4 is 14.4 Å². The van der Waals surface area contributed by atoms with Crippen LogP contribution in [0.2, 0.25) is 0 Å². The number of rotatable bonds is 13. The number of nitrogens with one attached hydrogen (secondary N) is 1. The first-order valence-electron chi connectivity index (χ1n) is 13.0. The fourth-order valence-corrected chi connectivity index (χ4v) is 5.10. The Kier molecular flexibility index (Phi) is 10.5. The van der Waals surface area contributed by atoms with E-state index in [1.165, 1.54) is 4.90 Å². The fourth-order valence-electron chi connectivity index (χ4n) is 4.25. The van der Waals surface area contributed by atoms with Crippen molar-refractivity contribution in [2.45, 2.75) is 45.8 Å². The van der Waals surface area contributed by atoms with Crippen LogP contribution in [0.4, 0.5) is 5.69 Å². The second-order valence-corrected chi connectivity index (χ2v) is 11.5. The highest BCUT2D eigenvalue weighted by molar-refractivity contribution is 7.92. The van der Waals surface area contributed by atoms with Gasteiger partial charge in [-0.2, -0.15) is 0 Å². The van der Waals surface area contributed by atoms with Crippen molar-refractivity contribution in [2.24, 2.45) is 0 Å². The van der Waals surface area contributed by atoms with Gasteiger partial charge in [0.25, 0.3) is 0 Å². The van der Waals surface area contributed by atoms with E-state index in [-0.39, 0.29) is 30.6 Å². The van der Waals surface area contributed by atoms with Crippen molar-refractivity contribution in [1.29, 1.82) is 0 Å². The summed E-state index contributed by atoms with van der Waals surface area (Å²) in [4.78, 5) is 29.1. The molecule has 208 valence electrons. The molecule has 0 aliphatic carbocycles. The lowest BCUT2D eigenvalue weighted by molar-refractivity contribution is -0.140. The maximum atomic E-state index is 14.1. The number of ether oxygens (including phenoxy) is 1. The van der Waals surface area contributed by atoms with Gasteiger partial charge >= 0.3 is 0 Å². The maximum absolute atomic E-state index is 14.1. The number of amides is 2. The summed E-state index contributed by atoms with van der Waals surface area (Å²) in [6.07, 6.45) is 1.32. The first-order valence-corrected chi connectivity index (χ1v) is 14.8. The van der Waals surface area contributed by atoms with E-state index in [1.54, 1.807) is 31.2 Å². The molecule has 3 rings (SSSR count). The number of carbonyl (C=O) groups is 2. The average Bonchev–Trinajstić information content (AvgIpc) is 2.90. The van der Waals surface area contributed by atoms with E-state index in [9.17, 15) is 18.0 Å². The zero-order valence-electron chi connectivity index (χ0n) is 22.9. The second kappa shape index (κ2) is 13.8. The third kappa shape index (κ3) is 8.58. The second-order valence-electron chi connectivity index (χ2n) is 9.55. The first-order chi connectivity index (χ1) is 18.6. The lowest BCUT2D eigenvalue weighted by atomic mass is 10.0. The standard InChI is InChI=1S/C30H37N3O5S/c1-5-38-28-19-13-12-18-26(28)33(39(4,36)37)22-29(34)32(21-25-16-10-7-11-17-25)27(30(35)31-23(2)3)20-24-14-8-6-9-15-24/h6-19,23,27H,5,20-22H2,1-4H3,(H,31,35)/t27-/m1/s1. The van der Waals surface area contributed by atoms with Crippen molar-refractivity contribution in [3.05, 3.63) is 96.1 Å². The molecule has 0 aliphatic heterocycles. The number of hydrogen-bond donors (Lipinski definition) is 1. The minimum absolute atomic E-state index is 0.132. The summed E-state index contributed by atoms with van der Waals surface area (Å²) in [5, 5.41) is 2.94. The molecule has 0 bridgehead atoms. The monoisotopic (exact) mass is 551 g/mol. The number of sulfonamides is 1. The molecule has 1 atom stereocenters. The zero-order valence-corrected chi connectivity index (χ0v) is 23.7. The highest BCUT2D eigenvalue weighted by Gasteiger charge is 2.33. The fraction of sp³-hybridized carbons (Fsp3) is 0.333. The molecule has 3 aromatic carbocycles. The van der Waals surface area contributed by atoms with Gasteiger partial charge in [-0.3, -0.25) is 13.9 Å². The van der Waals surface area contributed by atoms with Crippen LogP contribution in [0, 0.1) is 0 Å². The highest BCUT2D eigenvalue weighted by atomic mass is 32.2. The van der Waals surface area contributed by atoms with Crippen LogP contribution in [0.3, 0.4) is 0 Å². The van der Waals surface area contributed by atoms with E-state index < -0.39 is 28.5 Å². The van der Waals surface area contributed by atoms with Crippen LogP contribution in [0.5, 0.6) is 5.75 Å². The Morgan fingerprint density at radius 2 is 1.44 bits per heavy atom. The Balaban J connectivity index is 2.06. The van der Waals surface area contributed by atoms with Crippen molar-refractivity contribution in [2.75, 3.05) is 23.7 Å². The molecular weight excluding hydrogens is 514 g/mol. The third-order valence-corrected chi connectivity index (χ3v) is 7.14. The molecular formula is C30H37N3O5S. The molecule has 2 amide bonds. The lowest BCUT2D eigenvalue weighted by Crippen LogP contribution is -2.54. The molecule has 39 heavy (non-hydrogen) atoms. The Morgan fingerprint density at radius 1 is 0.872 bits per heavy atom. The number of carbonyl (C=O) groups excluding carboxylic acids is 2. The number of anilines is 1. The minimum Gasteiger partial charge on any atom is -0.492 e. The zero-order chi connectivity index (χ0) is 28.4. The minimum atomic E-state index is -3.88. The molecule has 9 heteroatoms. The van der Waals surface area contributed by atoms with Crippen LogP contribution in [-0.2, 0) is 32.6 Å². The molecule has 8 nitrogen and oxygen atoms in total. The van der Waals surface area contributed by atoms with E-state index in [0.717, 1.165) is 21.7 Å². The molecule has 0 fully saturated rings. The molecule has 0 spiro atoms. The summed E-state index contributed by atoms with van der Waals surface area (Å²) in [7, 11) is -3.88. The first kappa shape index (κ1) is 29.7. The largest absolute Gasteiger partial charge is 0.492 e. The Morgan fingerprint density at radius 3 is 2.00 bits per heavy atom. The SMILES string of the molecule is CCOc1ccccc1N(CC(=O)N(Cc1ccccc1)[C@H](Cc1ccccc1)C(=O)NC(C)C)S(C)(=O)=O. The third-order valence-electron chi connectivity index (χ3n) is 6.01. The van der Waals surface area contributed by atoms with Gasteiger partial charge in [-0.05, 0) is 44.0 Å². The van der Waals surface area contributed by atoms with Crippen molar-refractivity contribution >= 4 is 27.5 Å². The summed E-state index contributed by atoms with van der Waals surface area (Å²) in [5.74, 6) is -0.458. The summed E-state index contributed by atoms with van der Waals surface area (Å²) in [5.41, 5.74) is 1.97. The molecule has 0 saturated heterocycles. The van der Waals surface area contributed by atoms with Crippen LogP contribution >= 0.6 is 0 Å². The maximum Gasteiger partial charge on any atom is 0.244 e. The van der Waals surface area contributed by atoms with Gasteiger partial charge < -0.3 is 15.0 Å². The van der Waals surface area contributed by atoms with E-state index in [1.807, 2.05) is 74.5 Å². The Labute approximate surface area is 231 Å². The van der Waals surface area contributed by atoms with Crippen molar-refractivity contribution in [1.82, 2.24) is 10.2 Å². The number of hydrogen-bond acceptors (Lipinski definition) is 5. The summed E-state index contributed by atoms with van der Waals surface area (Å²) in [6, 6.07) is 24.5. The molecule has 0 unspecified atom stereocenters. The number of benzene rings is 3. The molecule has 0 saturated carbocycles. The van der Waals surface area contributed by atoms with E-state index in [2.05, 4.69) is 5.32 Å². The normalized spacial score (nSPS) is 12.0. The van der Waals surface area contributed by atoms with Crippen molar-refractivity contribution < 1.29 is 22.7 Å². The molecule has 3 aromatic rings. The van der Waals surface area contributed by atoms with Gasteiger partial charge in [-0.25, -0.2) is 8.42 Å². The molecule has 0 aliphatic rings. The Bertz CT molecular complexity index is 1330. The van der Waals surface area contributed by atoms with Gasteiger partial charge in [0, 0.05) is 19.0 Å². The summed E-state index contributed by atoms with van der Waals surface area (Å²) < 4.78 is 32.6. The molecule has 0 heterocycles. The quantitative estimate of drug-likeness (QED) is 0.346. The summed E-state index contributed by atoms with van der Waals surface area (Å²) in [6.45, 7) is 5.49. The topological polar surface area (TPSA) is 96.0 Å². The number of nitrogens with zero attached hydrogens (tertiary/aromatic N) is 2. The predicted octanol–water partition coefficient (Wildman–Crippen LogP) is 4.02. The van der Waals surface area contributed by atoms with Crippen molar-refractivity contribution in [3.8, 4) is 5.75 Å². The Hall–Kier alpha value is -3.85.